The fraction of sp³-hybridized carbons (Fsp3) is 0.923. The molecule has 0 aromatic heterocycles. The third-order valence-electron chi connectivity index (χ3n) is 3.59. The van der Waals surface area contributed by atoms with Gasteiger partial charge in [0.05, 0.1) is 12.7 Å². The number of amides is 1. The van der Waals surface area contributed by atoms with Gasteiger partial charge < -0.3 is 15.4 Å². The third kappa shape index (κ3) is 4.55. The van der Waals surface area contributed by atoms with Crippen molar-refractivity contribution in [3.63, 3.8) is 0 Å². The van der Waals surface area contributed by atoms with Gasteiger partial charge >= 0.3 is 0 Å². The van der Waals surface area contributed by atoms with Gasteiger partial charge in [-0.3, -0.25) is 9.69 Å². The van der Waals surface area contributed by atoms with Crippen LogP contribution in [0.4, 0.5) is 0 Å². The number of carbonyl (C=O) groups excluding carboxylic acids is 1. The first kappa shape index (κ1) is 13.8. The van der Waals surface area contributed by atoms with Crippen LogP contribution >= 0.6 is 0 Å². The van der Waals surface area contributed by atoms with Crippen LogP contribution in [0.2, 0.25) is 0 Å². The van der Waals surface area contributed by atoms with Gasteiger partial charge in [-0.15, -0.1) is 0 Å². The number of nitrogens with zero attached hydrogens (tertiary/aromatic N) is 1. The Hall–Kier alpha value is -0.650. The van der Waals surface area contributed by atoms with Gasteiger partial charge in [-0.2, -0.15) is 0 Å². The average molecular weight is 255 g/mol. The minimum absolute atomic E-state index is 0.225. The van der Waals surface area contributed by atoms with Gasteiger partial charge in [-0.25, -0.2) is 0 Å². The molecule has 1 unspecified atom stereocenters. The summed E-state index contributed by atoms with van der Waals surface area (Å²) in [5.74, 6) is 0.535. The first-order chi connectivity index (χ1) is 8.79. The van der Waals surface area contributed by atoms with E-state index in [1.165, 1.54) is 0 Å². The van der Waals surface area contributed by atoms with Crippen LogP contribution in [0.15, 0.2) is 0 Å². The Bertz CT molecular complexity index is 269. The van der Waals surface area contributed by atoms with E-state index in [0.29, 0.717) is 5.92 Å². The highest BCUT2D eigenvalue weighted by Crippen LogP contribution is 2.28. The smallest absolute Gasteiger partial charge is 0.223 e. The minimum Gasteiger partial charge on any atom is -0.374 e. The normalized spacial score (nSPS) is 25.1. The third-order valence-corrected chi connectivity index (χ3v) is 3.59. The van der Waals surface area contributed by atoms with Crippen molar-refractivity contribution in [1.29, 1.82) is 0 Å². The van der Waals surface area contributed by atoms with Gasteiger partial charge in [0, 0.05) is 38.6 Å². The quantitative estimate of drug-likeness (QED) is 0.620. The molecule has 0 bridgehead atoms. The maximum Gasteiger partial charge on any atom is 0.223 e. The van der Waals surface area contributed by atoms with Gasteiger partial charge in [-0.05, 0) is 19.4 Å². The summed E-state index contributed by atoms with van der Waals surface area (Å²) in [5, 5.41) is 6.30. The molecule has 5 nitrogen and oxygen atoms in total. The molecule has 104 valence electrons. The van der Waals surface area contributed by atoms with Crippen molar-refractivity contribution in [2.45, 2.75) is 25.9 Å². The van der Waals surface area contributed by atoms with Crippen molar-refractivity contribution >= 4 is 5.91 Å². The fourth-order valence-electron chi connectivity index (χ4n) is 2.22. The SMILES string of the molecule is CCN1CCOC(CNCCNC(=O)C2CC2)C1. The first-order valence-corrected chi connectivity index (χ1v) is 7.12. The van der Waals surface area contributed by atoms with Crippen LogP contribution in [0, 0.1) is 5.92 Å². The van der Waals surface area contributed by atoms with E-state index in [0.717, 1.165) is 58.7 Å². The van der Waals surface area contributed by atoms with E-state index in [4.69, 9.17) is 4.74 Å². The maximum absolute atomic E-state index is 11.4. The zero-order chi connectivity index (χ0) is 12.8. The molecule has 2 fully saturated rings. The summed E-state index contributed by atoms with van der Waals surface area (Å²) in [7, 11) is 0. The van der Waals surface area contributed by atoms with E-state index < -0.39 is 0 Å². The Morgan fingerprint density at radius 2 is 2.22 bits per heavy atom. The van der Waals surface area contributed by atoms with Gasteiger partial charge in [0.1, 0.15) is 0 Å². The fourth-order valence-corrected chi connectivity index (χ4v) is 2.22. The summed E-state index contributed by atoms with van der Waals surface area (Å²) in [6, 6.07) is 0. The highest BCUT2D eigenvalue weighted by molar-refractivity contribution is 5.80. The summed E-state index contributed by atoms with van der Waals surface area (Å²) < 4.78 is 5.69. The van der Waals surface area contributed by atoms with Gasteiger partial charge in [0.25, 0.3) is 0 Å². The molecule has 2 N–H and O–H groups in total. The Balaban J connectivity index is 1.48. The van der Waals surface area contributed by atoms with E-state index >= 15 is 0 Å². The number of carbonyl (C=O) groups is 1. The average Bonchev–Trinajstić information content (AvgIpc) is 3.23. The van der Waals surface area contributed by atoms with Crippen molar-refractivity contribution in [2.24, 2.45) is 5.92 Å². The summed E-state index contributed by atoms with van der Waals surface area (Å²) in [6.07, 6.45) is 2.43. The molecule has 1 atom stereocenters. The number of rotatable bonds is 7. The van der Waals surface area contributed by atoms with Crippen LogP contribution in [0.5, 0.6) is 0 Å². The van der Waals surface area contributed by atoms with Crippen LogP contribution in [-0.2, 0) is 9.53 Å². The molecule has 0 aromatic rings. The van der Waals surface area contributed by atoms with E-state index in [9.17, 15) is 4.79 Å². The van der Waals surface area contributed by atoms with E-state index in [-0.39, 0.29) is 12.0 Å². The van der Waals surface area contributed by atoms with Crippen LogP contribution in [-0.4, -0.2) is 62.8 Å². The first-order valence-electron chi connectivity index (χ1n) is 7.12. The molecule has 2 rings (SSSR count). The van der Waals surface area contributed by atoms with Gasteiger partial charge in [0.2, 0.25) is 5.91 Å². The molecule has 1 saturated carbocycles. The lowest BCUT2D eigenvalue weighted by molar-refractivity contribution is -0.122. The summed E-state index contributed by atoms with van der Waals surface area (Å²) >= 11 is 0. The number of ether oxygens (including phenoxy) is 1. The monoisotopic (exact) mass is 255 g/mol. The molecular formula is C13H25N3O2. The molecule has 18 heavy (non-hydrogen) atoms. The highest BCUT2D eigenvalue weighted by Gasteiger charge is 2.28. The number of morpholine rings is 1. The second kappa shape index (κ2) is 7.07. The Morgan fingerprint density at radius 1 is 1.39 bits per heavy atom. The largest absolute Gasteiger partial charge is 0.374 e. The molecular weight excluding hydrogens is 230 g/mol. The molecule has 1 aliphatic carbocycles. The van der Waals surface area contributed by atoms with Crippen LogP contribution in [0.25, 0.3) is 0 Å². The van der Waals surface area contributed by atoms with Crippen molar-refractivity contribution in [2.75, 3.05) is 45.9 Å². The van der Waals surface area contributed by atoms with E-state index in [1.54, 1.807) is 0 Å². The predicted octanol–water partition coefficient (Wildman–Crippen LogP) is -0.177. The molecule has 1 aliphatic heterocycles. The van der Waals surface area contributed by atoms with Crippen LogP contribution in [0.3, 0.4) is 0 Å². The Morgan fingerprint density at radius 3 is 2.94 bits per heavy atom. The molecule has 1 saturated heterocycles. The summed E-state index contributed by atoms with van der Waals surface area (Å²) in [5.41, 5.74) is 0. The van der Waals surface area contributed by atoms with Crippen molar-refractivity contribution in [3.8, 4) is 0 Å². The van der Waals surface area contributed by atoms with Gasteiger partial charge in [0.15, 0.2) is 0 Å². The topological polar surface area (TPSA) is 53.6 Å². The van der Waals surface area contributed by atoms with Crippen molar-refractivity contribution in [3.05, 3.63) is 0 Å². The lowest BCUT2D eigenvalue weighted by Gasteiger charge is -2.32. The second-order valence-corrected chi connectivity index (χ2v) is 5.16. The standard InChI is InChI=1S/C13H25N3O2/c1-2-16-7-8-18-12(10-16)9-14-5-6-15-13(17)11-3-4-11/h11-12,14H,2-10H2,1H3,(H,15,17). The number of hydrogen-bond acceptors (Lipinski definition) is 4. The molecule has 1 amide bonds. The zero-order valence-electron chi connectivity index (χ0n) is 11.3. The molecule has 0 radical (unpaired) electrons. The highest BCUT2D eigenvalue weighted by atomic mass is 16.5. The summed E-state index contributed by atoms with van der Waals surface area (Å²) in [6.45, 7) is 8.58. The van der Waals surface area contributed by atoms with Gasteiger partial charge in [-0.1, -0.05) is 6.92 Å². The van der Waals surface area contributed by atoms with Crippen LogP contribution in [0.1, 0.15) is 19.8 Å². The maximum atomic E-state index is 11.4. The van der Waals surface area contributed by atoms with Crippen LogP contribution < -0.4 is 10.6 Å². The lowest BCUT2D eigenvalue weighted by atomic mass is 10.2. The summed E-state index contributed by atoms with van der Waals surface area (Å²) in [4.78, 5) is 13.8. The molecule has 1 heterocycles. The number of hydrogen-bond donors (Lipinski definition) is 2. The Kier molecular flexibility index (Phi) is 5.41. The number of nitrogens with one attached hydrogen (secondary N) is 2. The second-order valence-electron chi connectivity index (χ2n) is 5.16. The molecule has 0 spiro atoms. The van der Waals surface area contributed by atoms with Crippen molar-refractivity contribution in [1.82, 2.24) is 15.5 Å². The molecule has 5 heteroatoms. The Labute approximate surface area is 109 Å². The molecule has 0 aromatic carbocycles. The van der Waals surface area contributed by atoms with E-state index in [1.807, 2.05) is 0 Å². The van der Waals surface area contributed by atoms with Crippen molar-refractivity contribution < 1.29 is 9.53 Å². The van der Waals surface area contributed by atoms with E-state index in [2.05, 4.69) is 22.5 Å². The lowest BCUT2D eigenvalue weighted by Crippen LogP contribution is -2.47. The minimum atomic E-state index is 0.225. The number of likely N-dealkylation sites (N-methyl/N-ethyl adjacent to an activating group) is 1. The molecule has 2 aliphatic rings. The predicted molar refractivity (Wildman–Crippen MR) is 70.5 cm³/mol. The zero-order valence-corrected chi connectivity index (χ0v) is 11.3.